The fraction of sp³-hybridized carbons (Fsp3) is 0.150. The average Bonchev–Trinajstić information content (AvgIpc) is 3.09. The summed E-state index contributed by atoms with van der Waals surface area (Å²) in [5.41, 5.74) is 4.48. The van der Waals surface area contributed by atoms with Gasteiger partial charge in [-0.15, -0.1) is 0 Å². The van der Waals surface area contributed by atoms with Crippen molar-refractivity contribution in [2.24, 2.45) is 0 Å². The normalized spacial score (nSPS) is 11.7. The van der Waals surface area contributed by atoms with Crippen LogP contribution in [0.4, 0.5) is 5.82 Å². The van der Waals surface area contributed by atoms with Crippen LogP contribution < -0.4 is 5.32 Å². The van der Waals surface area contributed by atoms with E-state index in [0.29, 0.717) is 28.7 Å². The van der Waals surface area contributed by atoms with E-state index in [9.17, 15) is 8.42 Å². The molecule has 0 unspecified atom stereocenters. The predicted octanol–water partition coefficient (Wildman–Crippen LogP) is 3.61. The number of hydrogen-bond acceptors (Lipinski definition) is 6. The highest BCUT2D eigenvalue weighted by Gasteiger charge is 2.09. The minimum atomic E-state index is -3.18. The number of nitrogens with zero attached hydrogens (tertiary/aromatic N) is 3. The lowest BCUT2D eigenvalue weighted by atomic mass is 10.1. The molecule has 1 aromatic carbocycles. The maximum Gasteiger partial charge on any atom is 0.175 e. The SMILES string of the molecule is CS(=O)(=O)c1ccc(CNc2ccc(Cc3c[nH]c4ncc(Cl)nc34)cn2)cc1. The van der Waals surface area contributed by atoms with Crippen LogP contribution in [0.5, 0.6) is 0 Å². The fourth-order valence-corrected chi connectivity index (χ4v) is 3.72. The third-order valence-electron chi connectivity index (χ3n) is 4.47. The van der Waals surface area contributed by atoms with Crippen LogP contribution in [0.25, 0.3) is 11.2 Å². The van der Waals surface area contributed by atoms with E-state index in [1.165, 1.54) is 12.5 Å². The first-order valence-corrected chi connectivity index (χ1v) is 11.1. The molecular weight excluding hydrogens is 410 g/mol. The van der Waals surface area contributed by atoms with Crippen LogP contribution >= 0.6 is 11.6 Å². The summed E-state index contributed by atoms with van der Waals surface area (Å²) < 4.78 is 23.0. The van der Waals surface area contributed by atoms with Gasteiger partial charge in [0.15, 0.2) is 15.5 Å². The lowest BCUT2D eigenvalue weighted by Crippen LogP contribution is -2.03. The maximum atomic E-state index is 11.5. The summed E-state index contributed by atoms with van der Waals surface area (Å²) in [6.45, 7) is 0.549. The summed E-state index contributed by atoms with van der Waals surface area (Å²) >= 11 is 5.95. The highest BCUT2D eigenvalue weighted by Crippen LogP contribution is 2.20. The molecule has 2 N–H and O–H groups in total. The van der Waals surface area contributed by atoms with Crippen LogP contribution in [0.3, 0.4) is 0 Å². The summed E-state index contributed by atoms with van der Waals surface area (Å²) in [6.07, 6.45) is 7.07. The lowest BCUT2D eigenvalue weighted by Gasteiger charge is -2.07. The molecule has 0 atom stereocenters. The Hall–Kier alpha value is -2.97. The van der Waals surface area contributed by atoms with E-state index in [1.807, 2.05) is 24.5 Å². The minimum Gasteiger partial charge on any atom is -0.366 e. The molecule has 0 aliphatic heterocycles. The largest absolute Gasteiger partial charge is 0.366 e. The molecule has 0 saturated carbocycles. The Morgan fingerprint density at radius 3 is 2.48 bits per heavy atom. The monoisotopic (exact) mass is 427 g/mol. The first-order chi connectivity index (χ1) is 13.9. The molecule has 7 nitrogen and oxygen atoms in total. The van der Waals surface area contributed by atoms with Gasteiger partial charge in [0.25, 0.3) is 0 Å². The Bertz CT molecular complexity index is 1250. The lowest BCUT2D eigenvalue weighted by molar-refractivity contribution is 0.602. The van der Waals surface area contributed by atoms with Crippen LogP contribution in [-0.2, 0) is 22.8 Å². The fourth-order valence-electron chi connectivity index (χ4n) is 2.96. The van der Waals surface area contributed by atoms with E-state index in [1.54, 1.807) is 24.3 Å². The summed E-state index contributed by atoms with van der Waals surface area (Å²) in [5.74, 6) is 0.739. The van der Waals surface area contributed by atoms with Gasteiger partial charge in [0.05, 0.1) is 11.1 Å². The zero-order valence-corrected chi connectivity index (χ0v) is 17.1. The molecule has 4 aromatic rings. The van der Waals surface area contributed by atoms with Gasteiger partial charge in [-0.25, -0.2) is 23.4 Å². The Balaban J connectivity index is 1.41. The molecule has 0 bridgehead atoms. The van der Waals surface area contributed by atoms with Crippen molar-refractivity contribution < 1.29 is 8.42 Å². The summed E-state index contributed by atoms with van der Waals surface area (Å²) in [4.78, 5) is 16.4. The van der Waals surface area contributed by atoms with Crippen LogP contribution in [0.2, 0.25) is 5.15 Å². The topological polar surface area (TPSA) is 101 Å². The number of halogens is 1. The minimum absolute atomic E-state index is 0.312. The molecule has 0 saturated heterocycles. The van der Waals surface area contributed by atoms with Crippen molar-refractivity contribution in [3.63, 3.8) is 0 Å². The molecule has 148 valence electrons. The Labute approximate surface area is 173 Å². The third kappa shape index (κ3) is 4.55. The first-order valence-electron chi connectivity index (χ1n) is 8.85. The smallest absolute Gasteiger partial charge is 0.175 e. The van der Waals surface area contributed by atoms with E-state index in [0.717, 1.165) is 28.0 Å². The van der Waals surface area contributed by atoms with Gasteiger partial charge < -0.3 is 10.3 Å². The molecule has 0 spiro atoms. The number of rotatable bonds is 6. The van der Waals surface area contributed by atoms with Gasteiger partial charge in [-0.1, -0.05) is 29.8 Å². The second-order valence-electron chi connectivity index (χ2n) is 6.70. The van der Waals surface area contributed by atoms with Crippen molar-refractivity contribution >= 4 is 38.4 Å². The summed E-state index contributed by atoms with van der Waals surface area (Å²) in [6, 6.07) is 10.7. The zero-order valence-electron chi connectivity index (χ0n) is 15.6. The number of pyridine rings is 1. The van der Waals surface area contributed by atoms with E-state index < -0.39 is 9.84 Å². The summed E-state index contributed by atoms with van der Waals surface area (Å²) in [7, 11) is -3.18. The van der Waals surface area contributed by atoms with Crippen molar-refractivity contribution in [1.29, 1.82) is 0 Å². The molecule has 29 heavy (non-hydrogen) atoms. The van der Waals surface area contributed by atoms with Gasteiger partial charge in [0, 0.05) is 37.2 Å². The molecule has 0 radical (unpaired) electrons. The van der Waals surface area contributed by atoms with Gasteiger partial charge >= 0.3 is 0 Å². The molecule has 3 heterocycles. The molecule has 0 amide bonds. The number of aromatic nitrogens is 4. The molecular formula is C20H18ClN5O2S. The van der Waals surface area contributed by atoms with Crippen molar-refractivity contribution in [3.05, 3.63) is 76.8 Å². The van der Waals surface area contributed by atoms with E-state index >= 15 is 0 Å². The number of aromatic amines is 1. The molecule has 4 rings (SSSR count). The predicted molar refractivity (Wildman–Crippen MR) is 113 cm³/mol. The van der Waals surface area contributed by atoms with Crippen LogP contribution in [0.1, 0.15) is 16.7 Å². The number of H-pyrrole nitrogens is 1. The van der Waals surface area contributed by atoms with E-state index in [2.05, 4.69) is 25.3 Å². The molecule has 9 heteroatoms. The Morgan fingerprint density at radius 2 is 1.79 bits per heavy atom. The van der Waals surface area contributed by atoms with Gasteiger partial charge in [-0.05, 0) is 29.3 Å². The number of nitrogens with one attached hydrogen (secondary N) is 2. The van der Waals surface area contributed by atoms with Crippen molar-refractivity contribution in [2.75, 3.05) is 11.6 Å². The second-order valence-corrected chi connectivity index (χ2v) is 9.10. The second kappa shape index (κ2) is 7.81. The number of fused-ring (bicyclic) bond motifs is 1. The number of hydrogen-bond donors (Lipinski definition) is 2. The summed E-state index contributed by atoms with van der Waals surface area (Å²) in [5, 5.41) is 3.60. The average molecular weight is 428 g/mol. The third-order valence-corrected chi connectivity index (χ3v) is 5.79. The van der Waals surface area contributed by atoms with Gasteiger partial charge in [0.1, 0.15) is 16.5 Å². The quantitative estimate of drug-likeness (QED) is 0.487. The van der Waals surface area contributed by atoms with Crippen molar-refractivity contribution in [3.8, 4) is 0 Å². The number of sulfone groups is 1. The highest BCUT2D eigenvalue weighted by molar-refractivity contribution is 7.90. The highest BCUT2D eigenvalue weighted by atomic mass is 35.5. The number of anilines is 1. The maximum absolute atomic E-state index is 11.5. The van der Waals surface area contributed by atoms with Crippen LogP contribution in [0, 0.1) is 0 Å². The van der Waals surface area contributed by atoms with E-state index in [4.69, 9.17) is 11.6 Å². The molecule has 0 aliphatic rings. The Kier molecular flexibility index (Phi) is 5.21. The van der Waals surface area contributed by atoms with Crippen LogP contribution in [-0.4, -0.2) is 34.6 Å². The zero-order chi connectivity index (χ0) is 20.4. The van der Waals surface area contributed by atoms with Crippen LogP contribution in [0.15, 0.2) is 59.9 Å². The Morgan fingerprint density at radius 1 is 1.03 bits per heavy atom. The molecule has 3 aromatic heterocycles. The molecule has 0 fully saturated rings. The molecule has 0 aliphatic carbocycles. The number of benzene rings is 1. The van der Waals surface area contributed by atoms with Crippen molar-refractivity contribution in [2.45, 2.75) is 17.9 Å². The van der Waals surface area contributed by atoms with Gasteiger partial charge in [-0.2, -0.15) is 0 Å². The van der Waals surface area contributed by atoms with Gasteiger partial charge in [0.2, 0.25) is 0 Å². The standard InChI is InChI=1S/C20H18ClN5O2S/c1-29(27,28)16-5-2-13(3-6-16)9-22-18-7-4-14(10-23-18)8-15-11-24-20-19(15)26-17(21)12-25-20/h2-7,10-12H,8-9H2,1H3,(H,22,23)(H,24,25). The first kappa shape index (κ1) is 19.4. The van der Waals surface area contributed by atoms with E-state index in [-0.39, 0.29) is 0 Å². The van der Waals surface area contributed by atoms with Gasteiger partial charge in [-0.3, -0.25) is 0 Å². The van der Waals surface area contributed by atoms with Crippen molar-refractivity contribution in [1.82, 2.24) is 19.9 Å².